The maximum absolute atomic E-state index is 12.1. The van der Waals surface area contributed by atoms with E-state index in [9.17, 15) is 4.79 Å². The van der Waals surface area contributed by atoms with E-state index in [0.717, 1.165) is 5.76 Å². The van der Waals surface area contributed by atoms with Crippen LogP contribution in [0, 0.1) is 0 Å². The van der Waals surface area contributed by atoms with Gasteiger partial charge >= 0.3 is 6.03 Å². The van der Waals surface area contributed by atoms with Crippen LogP contribution in [0.5, 0.6) is 5.75 Å². The van der Waals surface area contributed by atoms with Gasteiger partial charge in [-0.1, -0.05) is 6.07 Å². The molecule has 1 unspecified atom stereocenters. The molecule has 0 radical (unpaired) electrons. The summed E-state index contributed by atoms with van der Waals surface area (Å²) in [4.78, 5) is 12.1. The normalized spacial score (nSPS) is 11.7. The Hall–Kier alpha value is -3.22. The van der Waals surface area contributed by atoms with E-state index in [1.807, 2.05) is 36.5 Å². The first-order valence-electron chi connectivity index (χ1n) is 7.47. The van der Waals surface area contributed by atoms with Crippen molar-refractivity contribution in [2.24, 2.45) is 0 Å². The van der Waals surface area contributed by atoms with Gasteiger partial charge in [0.25, 0.3) is 0 Å². The minimum Gasteiger partial charge on any atom is -0.497 e. The van der Waals surface area contributed by atoms with Crippen molar-refractivity contribution in [2.75, 3.05) is 19.0 Å². The molecule has 1 atom stereocenters. The molecular formula is C17H18N4O3. The van der Waals surface area contributed by atoms with Gasteiger partial charge in [0.2, 0.25) is 0 Å². The van der Waals surface area contributed by atoms with Crippen LogP contribution in [0.1, 0.15) is 11.8 Å². The van der Waals surface area contributed by atoms with Crippen molar-refractivity contribution in [3.8, 4) is 5.75 Å². The number of methoxy groups -OCH3 is 1. The van der Waals surface area contributed by atoms with E-state index in [1.165, 1.54) is 0 Å². The van der Waals surface area contributed by atoms with Gasteiger partial charge in [-0.2, -0.15) is 5.10 Å². The predicted molar refractivity (Wildman–Crippen MR) is 89.1 cm³/mol. The number of nitrogens with zero attached hydrogens (tertiary/aromatic N) is 2. The van der Waals surface area contributed by atoms with Gasteiger partial charge in [0.1, 0.15) is 17.6 Å². The number of hydrogen-bond donors (Lipinski definition) is 2. The number of amides is 2. The molecule has 3 aromatic rings. The first-order valence-corrected chi connectivity index (χ1v) is 7.47. The van der Waals surface area contributed by atoms with E-state index in [2.05, 4.69) is 15.7 Å². The minimum absolute atomic E-state index is 0.217. The number of ether oxygens (including phenoxy) is 1. The van der Waals surface area contributed by atoms with E-state index in [4.69, 9.17) is 9.15 Å². The number of carbonyl (C=O) groups is 1. The zero-order chi connectivity index (χ0) is 16.8. The summed E-state index contributed by atoms with van der Waals surface area (Å²) in [5.74, 6) is 1.40. The second kappa shape index (κ2) is 7.36. The number of carbonyl (C=O) groups excluding carboxylic acids is 1. The first kappa shape index (κ1) is 15.7. The molecule has 124 valence electrons. The van der Waals surface area contributed by atoms with E-state index in [1.54, 1.807) is 36.4 Å². The Morgan fingerprint density at radius 2 is 2.25 bits per heavy atom. The molecule has 0 bridgehead atoms. The summed E-state index contributed by atoms with van der Waals surface area (Å²) >= 11 is 0. The summed E-state index contributed by atoms with van der Waals surface area (Å²) in [6.45, 7) is 0.338. The molecule has 2 aromatic heterocycles. The Morgan fingerprint density at radius 3 is 2.96 bits per heavy atom. The first-order chi connectivity index (χ1) is 11.8. The van der Waals surface area contributed by atoms with Crippen molar-refractivity contribution in [3.63, 3.8) is 0 Å². The highest BCUT2D eigenvalue weighted by Crippen LogP contribution is 2.18. The fourth-order valence-electron chi connectivity index (χ4n) is 2.34. The molecule has 0 aliphatic heterocycles. The number of benzene rings is 1. The van der Waals surface area contributed by atoms with Crippen LogP contribution in [0.25, 0.3) is 0 Å². The van der Waals surface area contributed by atoms with E-state index < -0.39 is 0 Å². The number of anilines is 1. The van der Waals surface area contributed by atoms with Gasteiger partial charge in [-0.15, -0.1) is 0 Å². The lowest BCUT2D eigenvalue weighted by Crippen LogP contribution is -2.34. The zero-order valence-electron chi connectivity index (χ0n) is 13.2. The van der Waals surface area contributed by atoms with Gasteiger partial charge in [-0.25, -0.2) is 4.79 Å². The molecular weight excluding hydrogens is 308 g/mol. The number of nitrogens with one attached hydrogen (secondary N) is 2. The van der Waals surface area contributed by atoms with Crippen molar-refractivity contribution in [2.45, 2.75) is 6.04 Å². The largest absolute Gasteiger partial charge is 0.497 e. The Morgan fingerprint density at radius 1 is 1.33 bits per heavy atom. The van der Waals surface area contributed by atoms with Crippen molar-refractivity contribution in [1.29, 1.82) is 0 Å². The lowest BCUT2D eigenvalue weighted by Gasteiger charge is -2.16. The summed E-state index contributed by atoms with van der Waals surface area (Å²) in [6.07, 6.45) is 5.11. The molecule has 2 heterocycles. The van der Waals surface area contributed by atoms with Crippen molar-refractivity contribution >= 4 is 11.7 Å². The SMILES string of the molecule is COc1cccc(NC(=O)NCC(c2ccco2)n2cccn2)c1. The Balaban J connectivity index is 1.63. The average molecular weight is 326 g/mol. The summed E-state index contributed by atoms with van der Waals surface area (Å²) in [7, 11) is 1.58. The van der Waals surface area contributed by atoms with Crippen molar-refractivity contribution in [3.05, 3.63) is 66.9 Å². The van der Waals surface area contributed by atoms with Crippen molar-refractivity contribution < 1.29 is 13.9 Å². The highest BCUT2D eigenvalue weighted by molar-refractivity contribution is 5.89. The number of furan rings is 1. The van der Waals surface area contributed by atoms with Gasteiger partial charge < -0.3 is 19.8 Å². The molecule has 0 fully saturated rings. The third-order valence-corrected chi connectivity index (χ3v) is 3.50. The fourth-order valence-corrected chi connectivity index (χ4v) is 2.34. The van der Waals surface area contributed by atoms with Crippen molar-refractivity contribution in [1.82, 2.24) is 15.1 Å². The summed E-state index contributed by atoms with van der Waals surface area (Å²) in [5, 5.41) is 9.83. The topological polar surface area (TPSA) is 81.3 Å². The molecule has 0 aliphatic rings. The van der Waals surface area contributed by atoms with E-state index in [0.29, 0.717) is 18.0 Å². The molecule has 24 heavy (non-hydrogen) atoms. The van der Waals surface area contributed by atoms with Gasteiger partial charge in [0.15, 0.2) is 0 Å². The number of hydrogen-bond acceptors (Lipinski definition) is 4. The van der Waals surface area contributed by atoms with Gasteiger partial charge in [0, 0.05) is 30.7 Å². The second-order valence-electron chi connectivity index (χ2n) is 5.08. The molecule has 0 aliphatic carbocycles. The smallest absolute Gasteiger partial charge is 0.319 e. The molecule has 2 N–H and O–H groups in total. The number of aromatic nitrogens is 2. The Bertz CT molecular complexity index is 735. The van der Waals surface area contributed by atoms with Crippen LogP contribution in [0.2, 0.25) is 0 Å². The third kappa shape index (κ3) is 3.75. The van der Waals surface area contributed by atoms with Gasteiger partial charge in [-0.05, 0) is 30.3 Å². The highest BCUT2D eigenvalue weighted by Gasteiger charge is 2.18. The van der Waals surface area contributed by atoms with Crippen LogP contribution in [0.15, 0.2) is 65.5 Å². The maximum Gasteiger partial charge on any atom is 0.319 e. The zero-order valence-corrected chi connectivity index (χ0v) is 13.2. The van der Waals surface area contributed by atoms with Crippen LogP contribution >= 0.6 is 0 Å². The monoisotopic (exact) mass is 326 g/mol. The average Bonchev–Trinajstić information content (AvgIpc) is 3.29. The van der Waals surface area contributed by atoms with Crippen LogP contribution in [-0.2, 0) is 0 Å². The molecule has 0 saturated heterocycles. The van der Waals surface area contributed by atoms with Crippen LogP contribution < -0.4 is 15.4 Å². The molecule has 0 spiro atoms. The summed E-state index contributed by atoms with van der Waals surface area (Å²) in [5.41, 5.74) is 0.653. The van der Waals surface area contributed by atoms with Crippen LogP contribution in [0.3, 0.4) is 0 Å². The standard InChI is InChI=1S/C17H18N4O3/c1-23-14-6-2-5-13(11-14)20-17(22)18-12-15(16-7-3-10-24-16)21-9-4-8-19-21/h2-11,15H,12H2,1H3,(H2,18,20,22). The molecule has 0 saturated carbocycles. The number of rotatable bonds is 6. The summed E-state index contributed by atoms with van der Waals surface area (Å²) in [6, 6.07) is 12.1. The quantitative estimate of drug-likeness (QED) is 0.730. The lowest BCUT2D eigenvalue weighted by molar-refractivity contribution is 0.250. The predicted octanol–water partition coefficient (Wildman–Crippen LogP) is 2.90. The molecule has 3 rings (SSSR count). The van der Waals surface area contributed by atoms with Gasteiger partial charge in [0.05, 0.1) is 13.4 Å². The maximum atomic E-state index is 12.1. The lowest BCUT2D eigenvalue weighted by atomic mass is 10.2. The summed E-state index contributed by atoms with van der Waals surface area (Å²) < 4.78 is 12.3. The second-order valence-corrected chi connectivity index (χ2v) is 5.08. The Kier molecular flexibility index (Phi) is 4.81. The molecule has 7 heteroatoms. The third-order valence-electron chi connectivity index (χ3n) is 3.50. The molecule has 1 aromatic carbocycles. The number of urea groups is 1. The minimum atomic E-state index is -0.313. The highest BCUT2D eigenvalue weighted by atomic mass is 16.5. The fraction of sp³-hybridized carbons (Fsp3) is 0.176. The van der Waals surface area contributed by atoms with Crippen LogP contribution in [-0.4, -0.2) is 29.5 Å². The molecule has 2 amide bonds. The Labute approximate surface area is 139 Å². The molecule has 7 nitrogen and oxygen atoms in total. The van der Waals surface area contributed by atoms with Gasteiger partial charge in [-0.3, -0.25) is 4.68 Å². The van der Waals surface area contributed by atoms with Crippen LogP contribution in [0.4, 0.5) is 10.5 Å². The van der Waals surface area contributed by atoms with E-state index >= 15 is 0 Å². The van der Waals surface area contributed by atoms with E-state index in [-0.39, 0.29) is 12.1 Å².